The maximum Gasteiger partial charge on any atom is 0.254 e. The molecule has 5 nitrogen and oxygen atoms in total. The number of nitrogens with one attached hydrogen (secondary N) is 1. The third-order valence-electron chi connectivity index (χ3n) is 5.47. The predicted molar refractivity (Wildman–Crippen MR) is 122 cm³/mol. The normalized spacial score (nSPS) is 15.7. The molecule has 2 amide bonds. The van der Waals surface area contributed by atoms with Gasteiger partial charge in [-0.05, 0) is 60.9 Å². The van der Waals surface area contributed by atoms with Crippen molar-refractivity contribution in [2.24, 2.45) is 0 Å². The number of hydrogen-bond donors (Lipinski definition) is 1. The first-order valence-electron chi connectivity index (χ1n) is 10.4. The van der Waals surface area contributed by atoms with Gasteiger partial charge in [-0.3, -0.25) is 14.6 Å². The molecule has 0 spiro atoms. The molecule has 1 saturated heterocycles. The van der Waals surface area contributed by atoms with Gasteiger partial charge in [-0.15, -0.1) is 0 Å². The van der Waals surface area contributed by atoms with Crippen LogP contribution in [0.4, 0.5) is 5.69 Å². The van der Waals surface area contributed by atoms with Crippen LogP contribution >= 0.6 is 11.6 Å². The van der Waals surface area contributed by atoms with Gasteiger partial charge in [0.1, 0.15) is 0 Å². The van der Waals surface area contributed by atoms with Crippen LogP contribution < -0.4 is 5.32 Å². The third kappa shape index (κ3) is 4.94. The van der Waals surface area contributed by atoms with Gasteiger partial charge in [-0.25, -0.2) is 0 Å². The molecule has 3 aromatic rings. The Morgan fingerprint density at radius 3 is 2.58 bits per heavy atom. The topological polar surface area (TPSA) is 62.3 Å². The number of carbonyl (C=O) groups excluding carboxylic acids is 2. The summed E-state index contributed by atoms with van der Waals surface area (Å²) < 4.78 is 0. The van der Waals surface area contributed by atoms with Gasteiger partial charge in [-0.2, -0.15) is 0 Å². The van der Waals surface area contributed by atoms with Crippen molar-refractivity contribution in [1.29, 1.82) is 0 Å². The van der Waals surface area contributed by atoms with Crippen LogP contribution in [0.2, 0.25) is 5.02 Å². The number of aromatic nitrogens is 1. The zero-order valence-corrected chi connectivity index (χ0v) is 18.1. The number of hydrogen-bond acceptors (Lipinski definition) is 3. The number of nitrogens with zero attached hydrogens (tertiary/aromatic N) is 2. The van der Waals surface area contributed by atoms with Gasteiger partial charge in [0.25, 0.3) is 5.91 Å². The van der Waals surface area contributed by atoms with Gasteiger partial charge in [0.05, 0.1) is 11.7 Å². The molecule has 1 aliphatic rings. The van der Waals surface area contributed by atoms with Crippen molar-refractivity contribution in [3.8, 4) is 0 Å². The number of amides is 2. The van der Waals surface area contributed by atoms with Crippen LogP contribution in [0, 0.1) is 0 Å². The molecule has 1 aromatic heterocycles. The molecule has 0 aliphatic carbocycles. The van der Waals surface area contributed by atoms with Crippen molar-refractivity contribution < 1.29 is 9.59 Å². The van der Waals surface area contributed by atoms with Crippen molar-refractivity contribution >= 4 is 29.1 Å². The molecule has 31 heavy (non-hydrogen) atoms. The Kier molecular flexibility index (Phi) is 6.33. The van der Waals surface area contributed by atoms with E-state index in [2.05, 4.69) is 5.32 Å². The summed E-state index contributed by atoms with van der Waals surface area (Å²) in [5, 5.41) is 3.45. The zero-order chi connectivity index (χ0) is 21.8. The number of anilines is 1. The van der Waals surface area contributed by atoms with E-state index in [9.17, 15) is 9.59 Å². The summed E-state index contributed by atoms with van der Waals surface area (Å²) in [6, 6.07) is 20.7. The van der Waals surface area contributed by atoms with E-state index in [-0.39, 0.29) is 17.9 Å². The average Bonchev–Trinajstić information content (AvgIpc) is 3.25. The molecule has 2 aromatic carbocycles. The lowest BCUT2D eigenvalue weighted by Gasteiger charge is -2.25. The largest absolute Gasteiger partial charge is 0.330 e. The molecule has 2 heterocycles. The zero-order valence-electron chi connectivity index (χ0n) is 17.3. The average molecular weight is 434 g/mol. The summed E-state index contributed by atoms with van der Waals surface area (Å²) in [7, 11) is 0. The molecule has 1 aliphatic heterocycles. The second-order valence-corrected chi connectivity index (χ2v) is 8.14. The molecule has 0 radical (unpaired) electrons. The first-order chi connectivity index (χ1) is 15.0. The van der Waals surface area contributed by atoms with E-state index >= 15 is 0 Å². The standard InChI is InChI=1S/C25H24ClN3O2/c1-17(30)27-20-13-11-18(12-14-20)25(31)29-15-5-10-24(29)23-9-4-7-21(28-23)16-19-6-2-3-8-22(19)26/h2-4,6-9,11-14,24H,5,10,15-16H2,1H3,(H,27,30). The quantitative estimate of drug-likeness (QED) is 0.596. The summed E-state index contributed by atoms with van der Waals surface area (Å²) in [6.45, 7) is 2.16. The lowest BCUT2D eigenvalue weighted by atomic mass is 10.1. The summed E-state index contributed by atoms with van der Waals surface area (Å²) in [5.74, 6) is -0.156. The Hall–Kier alpha value is -3.18. The summed E-state index contributed by atoms with van der Waals surface area (Å²) >= 11 is 6.31. The monoisotopic (exact) mass is 433 g/mol. The lowest BCUT2D eigenvalue weighted by Crippen LogP contribution is -2.31. The van der Waals surface area contributed by atoms with Gasteiger partial charge < -0.3 is 10.2 Å². The first-order valence-corrected chi connectivity index (χ1v) is 10.8. The van der Waals surface area contributed by atoms with Crippen LogP contribution in [0.1, 0.15) is 53.1 Å². The highest BCUT2D eigenvalue weighted by molar-refractivity contribution is 6.31. The molecule has 1 atom stereocenters. The second kappa shape index (κ2) is 9.31. The Labute approximate surface area is 187 Å². The molecule has 1 N–H and O–H groups in total. The smallest absolute Gasteiger partial charge is 0.254 e. The van der Waals surface area contributed by atoms with Gasteiger partial charge in [0.15, 0.2) is 0 Å². The maximum atomic E-state index is 13.2. The van der Waals surface area contributed by atoms with Crippen LogP contribution in [0.15, 0.2) is 66.7 Å². The predicted octanol–water partition coefficient (Wildman–Crippen LogP) is 5.26. The molecule has 0 saturated carbocycles. The van der Waals surface area contributed by atoms with Crippen molar-refractivity contribution in [2.45, 2.75) is 32.2 Å². The SMILES string of the molecule is CC(=O)Nc1ccc(C(=O)N2CCCC2c2cccc(Cc3ccccc3Cl)n2)cc1. The fourth-order valence-electron chi connectivity index (χ4n) is 4.00. The minimum Gasteiger partial charge on any atom is -0.330 e. The highest BCUT2D eigenvalue weighted by Gasteiger charge is 2.31. The molecular formula is C25H24ClN3O2. The number of rotatable bonds is 5. The summed E-state index contributed by atoms with van der Waals surface area (Å²) in [6.07, 6.45) is 2.48. The van der Waals surface area contributed by atoms with Crippen LogP contribution in [0.5, 0.6) is 0 Å². The highest BCUT2D eigenvalue weighted by Crippen LogP contribution is 2.32. The number of likely N-dealkylation sites (tertiary alicyclic amines) is 1. The Bertz CT molecular complexity index is 1100. The molecular weight excluding hydrogens is 410 g/mol. The van der Waals surface area contributed by atoms with E-state index in [4.69, 9.17) is 16.6 Å². The molecule has 1 fully saturated rings. The van der Waals surface area contributed by atoms with Crippen LogP contribution in [-0.4, -0.2) is 28.2 Å². The Morgan fingerprint density at radius 2 is 1.84 bits per heavy atom. The Morgan fingerprint density at radius 1 is 1.06 bits per heavy atom. The number of pyridine rings is 1. The van der Waals surface area contributed by atoms with E-state index < -0.39 is 0 Å². The summed E-state index contributed by atoms with van der Waals surface area (Å²) in [4.78, 5) is 31.1. The second-order valence-electron chi connectivity index (χ2n) is 7.74. The minimum atomic E-state index is -0.138. The van der Waals surface area contributed by atoms with Gasteiger partial charge in [-0.1, -0.05) is 35.9 Å². The number of benzene rings is 2. The van der Waals surface area contributed by atoms with Crippen molar-refractivity contribution in [3.63, 3.8) is 0 Å². The van der Waals surface area contributed by atoms with E-state index in [0.717, 1.165) is 34.8 Å². The van der Waals surface area contributed by atoms with Gasteiger partial charge in [0.2, 0.25) is 5.91 Å². The number of carbonyl (C=O) groups is 2. The van der Waals surface area contributed by atoms with Gasteiger partial charge >= 0.3 is 0 Å². The fraction of sp³-hybridized carbons (Fsp3) is 0.240. The Balaban J connectivity index is 1.52. The maximum absolute atomic E-state index is 13.2. The third-order valence-corrected chi connectivity index (χ3v) is 5.83. The van der Waals surface area contributed by atoms with Crippen molar-refractivity contribution in [3.05, 3.63) is 94.3 Å². The van der Waals surface area contributed by atoms with E-state index in [1.54, 1.807) is 24.3 Å². The summed E-state index contributed by atoms with van der Waals surface area (Å²) in [5.41, 5.74) is 4.16. The molecule has 0 bridgehead atoms. The van der Waals surface area contributed by atoms with E-state index in [1.807, 2.05) is 47.4 Å². The molecule has 1 unspecified atom stereocenters. The van der Waals surface area contributed by atoms with Crippen LogP contribution in [-0.2, 0) is 11.2 Å². The fourth-order valence-corrected chi connectivity index (χ4v) is 4.20. The van der Waals surface area contributed by atoms with Crippen molar-refractivity contribution in [1.82, 2.24) is 9.88 Å². The van der Waals surface area contributed by atoms with E-state index in [0.29, 0.717) is 24.2 Å². The van der Waals surface area contributed by atoms with Crippen LogP contribution in [0.25, 0.3) is 0 Å². The van der Waals surface area contributed by atoms with Gasteiger partial charge in [0, 0.05) is 41.9 Å². The first kappa shape index (κ1) is 21.1. The molecule has 158 valence electrons. The lowest BCUT2D eigenvalue weighted by molar-refractivity contribution is -0.114. The molecule has 4 rings (SSSR count). The minimum absolute atomic E-state index is 0.0184. The molecule has 6 heteroatoms. The van der Waals surface area contributed by atoms with Crippen LogP contribution in [0.3, 0.4) is 0 Å². The van der Waals surface area contributed by atoms with E-state index in [1.165, 1.54) is 6.92 Å². The van der Waals surface area contributed by atoms with Crippen molar-refractivity contribution in [2.75, 3.05) is 11.9 Å². The number of halogens is 1. The highest BCUT2D eigenvalue weighted by atomic mass is 35.5.